The second-order valence-corrected chi connectivity index (χ2v) is 6.95. The SMILES string of the molecule is C#Cc1cnc2ccc(OC(SC)C(=O)NC(C)(CO)COC)cc2c1. The number of benzene rings is 1. The monoisotopic (exact) mass is 374 g/mol. The molecule has 138 valence electrons. The van der Waals surface area contributed by atoms with Gasteiger partial charge in [-0.25, -0.2) is 0 Å². The lowest BCUT2D eigenvalue weighted by molar-refractivity contribution is -0.127. The molecule has 1 aromatic carbocycles. The molecule has 2 rings (SSSR count). The zero-order valence-electron chi connectivity index (χ0n) is 15.0. The van der Waals surface area contributed by atoms with E-state index in [-0.39, 0.29) is 19.1 Å². The number of amides is 1. The Labute approximate surface area is 157 Å². The molecule has 0 aliphatic rings. The molecule has 0 aliphatic carbocycles. The van der Waals surface area contributed by atoms with Crippen LogP contribution in [-0.2, 0) is 9.53 Å². The number of aromatic nitrogens is 1. The van der Waals surface area contributed by atoms with Crippen LogP contribution in [0.5, 0.6) is 5.75 Å². The summed E-state index contributed by atoms with van der Waals surface area (Å²) in [7, 11) is 1.51. The van der Waals surface area contributed by atoms with E-state index in [4.69, 9.17) is 15.9 Å². The van der Waals surface area contributed by atoms with Gasteiger partial charge in [-0.05, 0) is 37.4 Å². The van der Waals surface area contributed by atoms with Crippen LogP contribution in [-0.4, -0.2) is 53.6 Å². The fourth-order valence-electron chi connectivity index (χ4n) is 2.39. The highest BCUT2D eigenvalue weighted by Crippen LogP contribution is 2.23. The Morgan fingerprint density at radius 3 is 2.88 bits per heavy atom. The second kappa shape index (κ2) is 8.90. The lowest BCUT2D eigenvalue weighted by Gasteiger charge is -2.29. The average molecular weight is 374 g/mol. The zero-order valence-corrected chi connectivity index (χ0v) is 15.8. The first-order chi connectivity index (χ1) is 12.4. The van der Waals surface area contributed by atoms with Crippen LogP contribution >= 0.6 is 11.8 Å². The highest BCUT2D eigenvalue weighted by Gasteiger charge is 2.30. The fraction of sp³-hybridized carbons (Fsp3) is 0.368. The molecular weight excluding hydrogens is 352 g/mol. The number of carbonyl (C=O) groups excluding carboxylic acids is 1. The Balaban J connectivity index is 2.17. The number of pyridine rings is 1. The van der Waals surface area contributed by atoms with E-state index in [0.717, 1.165) is 10.9 Å². The number of rotatable bonds is 8. The summed E-state index contributed by atoms with van der Waals surface area (Å²) in [6, 6.07) is 7.19. The maximum atomic E-state index is 12.5. The van der Waals surface area contributed by atoms with Crippen molar-refractivity contribution in [1.82, 2.24) is 10.3 Å². The van der Waals surface area contributed by atoms with Crippen LogP contribution < -0.4 is 10.1 Å². The molecule has 2 N–H and O–H groups in total. The number of hydrogen-bond donors (Lipinski definition) is 2. The van der Waals surface area contributed by atoms with E-state index in [9.17, 15) is 9.90 Å². The van der Waals surface area contributed by atoms with Crippen molar-refractivity contribution in [3.05, 3.63) is 36.0 Å². The molecule has 0 fully saturated rings. The number of ether oxygens (including phenoxy) is 2. The summed E-state index contributed by atoms with van der Waals surface area (Å²) in [6.45, 7) is 1.64. The van der Waals surface area contributed by atoms with Gasteiger partial charge in [0.1, 0.15) is 5.75 Å². The Morgan fingerprint density at radius 1 is 1.50 bits per heavy atom. The number of hydrogen-bond acceptors (Lipinski definition) is 6. The lowest BCUT2D eigenvalue weighted by atomic mass is 10.1. The van der Waals surface area contributed by atoms with Gasteiger partial charge in [0.05, 0.1) is 24.3 Å². The number of aliphatic hydroxyl groups is 1. The van der Waals surface area contributed by atoms with Gasteiger partial charge in [-0.15, -0.1) is 18.2 Å². The Morgan fingerprint density at radius 2 is 2.27 bits per heavy atom. The topological polar surface area (TPSA) is 80.7 Å². The van der Waals surface area contributed by atoms with Crippen molar-refractivity contribution in [3.63, 3.8) is 0 Å². The third-order valence-electron chi connectivity index (χ3n) is 3.73. The maximum Gasteiger partial charge on any atom is 0.272 e. The Bertz CT molecular complexity index is 821. The number of methoxy groups -OCH3 is 1. The smallest absolute Gasteiger partial charge is 0.272 e. The molecule has 1 amide bonds. The van der Waals surface area contributed by atoms with Crippen LogP contribution in [0, 0.1) is 12.3 Å². The molecule has 1 aromatic heterocycles. The maximum absolute atomic E-state index is 12.5. The van der Waals surface area contributed by atoms with E-state index < -0.39 is 11.0 Å². The van der Waals surface area contributed by atoms with Crippen molar-refractivity contribution >= 4 is 28.6 Å². The summed E-state index contributed by atoms with van der Waals surface area (Å²) in [5.41, 5.74) is -0.196. The first kappa shape index (κ1) is 20.0. The van der Waals surface area contributed by atoms with Gasteiger partial charge < -0.3 is 19.9 Å². The highest BCUT2D eigenvalue weighted by molar-refractivity contribution is 7.99. The van der Waals surface area contributed by atoms with Crippen LogP contribution in [0.3, 0.4) is 0 Å². The number of aliphatic hydroxyl groups excluding tert-OH is 1. The van der Waals surface area contributed by atoms with Gasteiger partial charge in [0.25, 0.3) is 5.91 Å². The number of fused-ring (bicyclic) bond motifs is 1. The van der Waals surface area contributed by atoms with Crippen LogP contribution in [0.15, 0.2) is 30.5 Å². The molecule has 1 heterocycles. The normalized spacial score (nSPS) is 14.3. The van der Waals surface area contributed by atoms with E-state index in [1.165, 1.54) is 18.9 Å². The molecule has 0 bridgehead atoms. The van der Waals surface area contributed by atoms with Crippen molar-refractivity contribution < 1.29 is 19.4 Å². The summed E-state index contributed by atoms with van der Waals surface area (Å²) in [5.74, 6) is 2.73. The van der Waals surface area contributed by atoms with Crippen molar-refractivity contribution in [2.75, 3.05) is 26.6 Å². The summed E-state index contributed by atoms with van der Waals surface area (Å²) in [5, 5.41) is 13.1. The fourth-order valence-corrected chi connectivity index (χ4v) is 2.87. The van der Waals surface area contributed by atoms with Crippen LogP contribution in [0.2, 0.25) is 0 Å². The first-order valence-corrected chi connectivity index (χ1v) is 9.21. The van der Waals surface area contributed by atoms with Gasteiger partial charge >= 0.3 is 0 Å². The molecule has 0 saturated carbocycles. The molecular formula is C19H22N2O4S. The van der Waals surface area contributed by atoms with E-state index in [1.54, 1.807) is 31.5 Å². The van der Waals surface area contributed by atoms with E-state index in [1.807, 2.05) is 12.1 Å². The summed E-state index contributed by atoms with van der Waals surface area (Å²) < 4.78 is 10.9. The standard InChI is InChI=1S/C19H22N2O4S/c1-5-13-8-14-9-15(6-7-16(14)20-10-13)25-18(26-4)17(23)21-19(2,11-22)12-24-3/h1,6-10,18,22H,11-12H2,2-4H3,(H,21,23). The van der Waals surface area contributed by atoms with Crippen molar-refractivity contribution in [1.29, 1.82) is 0 Å². The molecule has 2 aromatic rings. The third-order valence-corrected chi connectivity index (χ3v) is 4.47. The predicted octanol–water partition coefficient (Wildman–Crippen LogP) is 1.80. The first-order valence-electron chi connectivity index (χ1n) is 7.92. The number of carbonyl (C=O) groups is 1. The molecule has 26 heavy (non-hydrogen) atoms. The molecule has 0 aliphatic heterocycles. The highest BCUT2D eigenvalue weighted by atomic mass is 32.2. The number of nitrogens with one attached hydrogen (secondary N) is 1. The molecule has 2 unspecified atom stereocenters. The van der Waals surface area contributed by atoms with Gasteiger partial charge in [-0.1, -0.05) is 5.92 Å². The van der Waals surface area contributed by atoms with Gasteiger partial charge in [0.15, 0.2) is 0 Å². The van der Waals surface area contributed by atoms with Crippen molar-refractivity contribution in [2.24, 2.45) is 0 Å². The van der Waals surface area contributed by atoms with Crippen LogP contribution in [0.4, 0.5) is 0 Å². The second-order valence-electron chi connectivity index (χ2n) is 6.05. The number of nitrogens with zero attached hydrogens (tertiary/aromatic N) is 1. The van der Waals surface area contributed by atoms with Gasteiger partial charge in [-0.3, -0.25) is 9.78 Å². The largest absolute Gasteiger partial charge is 0.470 e. The van der Waals surface area contributed by atoms with Crippen molar-refractivity contribution in [2.45, 2.75) is 17.9 Å². The van der Waals surface area contributed by atoms with Crippen LogP contribution in [0.25, 0.3) is 10.9 Å². The molecule has 7 heteroatoms. The Kier molecular flexibility index (Phi) is 6.86. The number of terminal acetylenes is 1. The van der Waals surface area contributed by atoms with Gasteiger partial charge in [0, 0.05) is 24.3 Å². The summed E-state index contributed by atoms with van der Waals surface area (Å²) >= 11 is 1.25. The third kappa shape index (κ3) is 4.88. The predicted molar refractivity (Wildman–Crippen MR) is 103 cm³/mol. The van der Waals surface area contributed by atoms with Gasteiger partial charge in [-0.2, -0.15) is 0 Å². The van der Waals surface area contributed by atoms with E-state index in [2.05, 4.69) is 16.2 Å². The molecule has 0 radical (unpaired) electrons. The lowest BCUT2D eigenvalue weighted by Crippen LogP contribution is -2.55. The average Bonchev–Trinajstić information content (AvgIpc) is 2.65. The minimum Gasteiger partial charge on any atom is -0.470 e. The minimum atomic E-state index is -0.877. The Hall–Kier alpha value is -2.27. The van der Waals surface area contributed by atoms with E-state index >= 15 is 0 Å². The summed E-state index contributed by atoms with van der Waals surface area (Å²) in [4.78, 5) is 16.8. The molecule has 0 spiro atoms. The van der Waals surface area contributed by atoms with Crippen LogP contribution in [0.1, 0.15) is 12.5 Å². The summed E-state index contributed by atoms with van der Waals surface area (Å²) in [6.07, 6.45) is 8.81. The zero-order chi connectivity index (χ0) is 19.2. The van der Waals surface area contributed by atoms with Gasteiger partial charge in [0.2, 0.25) is 5.44 Å². The van der Waals surface area contributed by atoms with Crippen molar-refractivity contribution in [3.8, 4) is 18.1 Å². The quantitative estimate of drug-likeness (QED) is 0.542. The molecule has 2 atom stereocenters. The number of thioether (sulfide) groups is 1. The molecule has 0 saturated heterocycles. The molecule has 6 nitrogen and oxygen atoms in total. The van der Waals surface area contributed by atoms with E-state index in [0.29, 0.717) is 11.3 Å². The minimum absolute atomic E-state index is 0.187.